The third kappa shape index (κ3) is 4.96. The molecular weight excluding hydrogens is 526 g/mol. The third-order valence-corrected chi connectivity index (χ3v) is 6.74. The van der Waals surface area contributed by atoms with Crippen molar-refractivity contribution in [2.45, 2.75) is 13.5 Å². The van der Waals surface area contributed by atoms with E-state index in [4.69, 9.17) is 22.1 Å². The zero-order valence-corrected chi connectivity index (χ0v) is 22.5. The average molecular weight is 550 g/mol. The number of nitrogen functional groups attached to an aromatic ring is 1. The number of nitrogens with one attached hydrogen (secondary N) is 1. The lowest BCUT2D eigenvalue weighted by molar-refractivity contribution is -0.116. The van der Waals surface area contributed by atoms with Crippen LogP contribution in [0.15, 0.2) is 73.6 Å². The molecule has 0 aliphatic carbocycles. The van der Waals surface area contributed by atoms with Crippen LogP contribution in [-0.2, 0) is 18.4 Å². The number of ether oxygens (including phenoxy) is 1. The van der Waals surface area contributed by atoms with Crippen molar-refractivity contribution in [3.8, 4) is 40.2 Å². The fraction of sp³-hybridized carbons (Fsp3) is 0.100. The maximum atomic E-state index is 11.6. The van der Waals surface area contributed by atoms with Crippen LogP contribution in [0.2, 0.25) is 5.02 Å². The van der Waals surface area contributed by atoms with Crippen LogP contribution in [0.3, 0.4) is 0 Å². The Morgan fingerprint density at radius 3 is 2.67 bits per heavy atom. The van der Waals surface area contributed by atoms with Gasteiger partial charge in [0.15, 0.2) is 0 Å². The van der Waals surface area contributed by atoms with Crippen molar-refractivity contribution in [3.63, 3.8) is 0 Å². The SMILES string of the molecule is C=CC(=O)NCc1ccc(-c2c(-c3ccc(Oc4nccc(C)n4)cc3)c3c(N)ncc(C#N)c3n2C)c(Cl)c1. The molecule has 9 nitrogen and oxygen atoms in total. The van der Waals surface area contributed by atoms with Gasteiger partial charge >= 0.3 is 6.01 Å². The normalized spacial score (nSPS) is 10.8. The summed E-state index contributed by atoms with van der Waals surface area (Å²) < 4.78 is 7.74. The topological polar surface area (TPSA) is 132 Å². The third-order valence-electron chi connectivity index (χ3n) is 6.42. The van der Waals surface area contributed by atoms with Crippen LogP contribution in [0, 0.1) is 18.3 Å². The lowest BCUT2D eigenvalue weighted by atomic mass is 9.97. The van der Waals surface area contributed by atoms with Gasteiger partial charge in [0.1, 0.15) is 17.6 Å². The molecule has 0 spiro atoms. The number of aryl methyl sites for hydroxylation is 2. The highest BCUT2D eigenvalue weighted by Gasteiger charge is 2.24. The molecule has 3 N–H and O–H groups in total. The molecule has 5 aromatic rings. The first-order chi connectivity index (χ1) is 19.3. The number of rotatable bonds is 7. The molecule has 0 bridgehead atoms. The van der Waals surface area contributed by atoms with Gasteiger partial charge in [-0.15, -0.1) is 0 Å². The van der Waals surface area contributed by atoms with Gasteiger partial charge in [-0.1, -0.05) is 42.4 Å². The van der Waals surface area contributed by atoms with Crippen LogP contribution in [0.4, 0.5) is 5.82 Å². The second kappa shape index (κ2) is 10.9. The number of hydrogen-bond acceptors (Lipinski definition) is 7. The van der Waals surface area contributed by atoms with Crippen molar-refractivity contribution in [1.82, 2.24) is 24.8 Å². The lowest BCUT2D eigenvalue weighted by Crippen LogP contribution is -2.19. The molecule has 5 rings (SSSR count). The fourth-order valence-electron chi connectivity index (χ4n) is 4.58. The zero-order chi connectivity index (χ0) is 28.4. The molecule has 1 amide bonds. The van der Waals surface area contributed by atoms with Crippen LogP contribution in [0.25, 0.3) is 33.3 Å². The summed E-state index contributed by atoms with van der Waals surface area (Å²) >= 11 is 6.82. The van der Waals surface area contributed by atoms with E-state index in [9.17, 15) is 10.1 Å². The molecule has 0 atom stereocenters. The van der Waals surface area contributed by atoms with Crippen molar-refractivity contribution in [2.75, 3.05) is 5.73 Å². The molecule has 10 heteroatoms. The maximum absolute atomic E-state index is 11.6. The Balaban J connectivity index is 1.65. The molecule has 198 valence electrons. The maximum Gasteiger partial charge on any atom is 0.322 e. The predicted molar refractivity (Wildman–Crippen MR) is 155 cm³/mol. The van der Waals surface area contributed by atoms with Crippen molar-refractivity contribution in [1.29, 1.82) is 5.26 Å². The Labute approximate surface area is 235 Å². The van der Waals surface area contributed by atoms with E-state index in [-0.39, 0.29) is 11.9 Å². The quantitative estimate of drug-likeness (QED) is 0.248. The molecular formula is C30H24ClN7O2. The number of halogens is 1. The van der Waals surface area contributed by atoms with Gasteiger partial charge in [0.05, 0.1) is 27.2 Å². The summed E-state index contributed by atoms with van der Waals surface area (Å²) in [4.78, 5) is 24.4. The van der Waals surface area contributed by atoms with Gasteiger partial charge in [0, 0.05) is 42.8 Å². The Hall–Kier alpha value is -5.20. The highest BCUT2D eigenvalue weighted by molar-refractivity contribution is 6.34. The number of pyridine rings is 1. The van der Waals surface area contributed by atoms with E-state index in [1.807, 2.05) is 54.9 Å². The highest BCUT2D eigenvalue weighted by atomic mass is 35.5. The number of nitrogens with two attached hydrogens (primary N) is 1. The van der Waals surface area contributed by atoms with Crippen LogP contribution >= 0.6 is 11.6 Å². The van der Waals surface area contributed by atoms with Gasteiger partial charge < -0.3 is 20.4 Å². The molecule has 3 aromatic heterocycles. The van der Waals surface area contributed by atoms with Crippen LogP contribution < -0.4 is 15.8 Å². The Kier molecular flexibility index (Phi) is 7.19. The van der Waals surface area contributed by atoms with E-state index >= 15 is 0 Å². The summed E-state index contributed by atoms with van der Waals surface area (Å²) in [5.74, 6) is 0.577. The molecule has 0 fully saturated rings. The second-order valence-electron chi connectivity index (χ2n) is 9.02. The number of nitriles is 1. The number of nitrogens with zero attached hydrogens (tertiary/aromatic N) is 5. The summed E-state index contributed by atoms with van der Waals surface area (Å²) in [6.45, 7) is 5.63. The van der Waals surface area contributed by atoms with E-state index in [1.54, 1.807) is 18.3 Å². The first-order valence-electron chi connectivity index (χ1n) is 12.2. The number of carbonyl (C=O) groups excluding carboxylic acids is 1. The summed E-state index contributed by atoms with van der Waals surface area (Å²) in [7, 11) is 1.86. The number of amides is 1. The predicted octanol–water partition coefficient (Wildman–Crippen LogP) is 5.71. The van der Waals surface area contributed by atoms with Crippen LogP contribution in [0.5, 0.6) is 11.8 Å². The number of carbonyl (C=O) groups is 1. The second-order valence-corrected chi connectivity index (χ2v) is 9.43. The van der Waals surface area contributed by atoms with E-state index < -0.39 is 0 Å². The molecule has 2 aromatic carbocycles. The minimum atomic E-state index is -0.274. The molecule has 0 saturated carbocycles. The Morgan fingerprint density at radius 2 is 2.00 bits per heavy atom. The van der Waals surface area contributed by atoms with Crippen LogP contribution in [-0.4, -0.2) is 25.4 Å². The minimum absolute atomic E-state index is 0.252. The minimum Gasteiger partial charge on any atom is -0.424 e. The number of anilines is 1. The van der Waals surface area contributed by atoms with E-state index in [1.165, 1.54) is 12.3 Å². The molecule has 40 heavy (non-hydrogen) atoms. The standard InChI is InChI=1S/C30H24ClN7O2/c1-4-24(39)35-15-18-5-10-22(23(31)13-18)28-25(26-27(38(28)3)20(14-32)16-36-29(26)33)19-6-8-21(9-7-19)40-30-34-12-11-17(2)37-30/h4-13,16H,1,15H2,2-3H3,(H2,33,36)(H,35,39). The molecule has 0 aliphatic rings. The summed E-state index contributed by atoms with van der Waals surface area (Å²) in [5, 5.41) is 13.7. The molecule has 0 radical (unpaired) electrons. The van der Waals surface area contributed by atoms with Gasteiger partial charge in [-0.2, -0.15) is 5.26 Å². The number of aromatic nitrogens is 4. The summed E-state index contributed by atoms with van der Waals surface area (Å²) in [6.07, 6.45) is 4.32. The number of benzene rings is 2. The molecule has 0 aliphatic heterocycles. The molecule has 0 unspecified atom stereocenters. The Bertz CT molecular complexity index is 1820. The monoisotopic (exact) mass is 549 g/mol. The smallest absolute Gasteiger partial charge is 0.322 e. The lowest BCUT2D eigenvalue weighted by Gasteiger charge is -2.13. The first kappa shape index (κ1) is 26.4. The van der Waals surface area contributed by atoms with Crippen molar-refractivity contribution in [3.05, 3.63) is 95.4 Å². The van der Waals surface area contributed by atoms with E-state index in [2.05, 4.69) is 32.9 Å². The highest BCUT2D eigenvalue weighted by Crippen LogP contribution is 2.45. The summed E-state index contributed by atoms with van der Waals surface area (Å²) in [6, 6.07) is 17.3. The van der Waals surface area contributed by atoms with Crippen LogP contribution in [0.1, 0.15) is 16.8 Å². The summed E-state index contributed by atoms with van der Waals surface area (Å²) in [5.41, 5.74) is 12.1. The largest absolute Gasteiger partial charge is 0.424 e. The van der Waals surface area contributed by atoms with Gasteiger partial charge in [-0.25, -0.2) is 15.0 Å². The van der Waals surface area contributed by atoms with Crippen molar-refractivity contribution in [2.24, 2.45) is 7.05 Å². The molecule has 0 saturated heterocycles. The number of fused-ring (bicyclic) bond motifs is 1. The van der Waals surface area contributed by atoms with Gasteiger partial charge in [0.2, 0.25) is 5.91 Å². The number of hydrogen-bond donors (Lipinski definition) is 2. The van der Waals surface area contributed by atoms with Gasteiger partial charge in [-0.05, 0) is 48.4 Å². The Morgan fingerprint density at radius 1 is 1.23 bits per heavy atom. The van der Waals surface area contributed by atoms with Gasteiger partial charge in [-0.3, -0.25) is 4.79 Å². The van der Waals surface area contributed by atoms with E-state index in [0.29, 0.717) is 39.6 Å². The first-order valence-corrected chi connectivity index (χ1v) is 12.6. The van der Waals surface area contributed by atoms with Crippen molar-refractivity contribution >= 4 is 34.2 Å². The van der Waals surface area contributed by atoms with E-state index in [0.717, 1.165) is 33.6 Å². The van der Waals surface area contributed by atoms with Crippen molar-refractivity contribution < 1.29 is 9.53 Å². The average Bonchev–Trinajstić information content (AvgIpc) is 3.26. The molecule has 3 heterocycles. The zero-order valence-electron chi connectivity index (χ0n) is 21.8. The fourth-order valence-corrected chi connectivity index (χ4v) is 4.87. The van der Waals surface area contributed by atoms with Gasteiger partial charge in [0.25, 0.3) is 0 Å².